The zero-order chi connectivity index (χ0) is 14.2. The fourth-order valence-corrected chi connectivity index (χ4v) is 4.87. The van der Waals surface area contributed by atoms with Crippen molar-refractivity contribution >= 4 is 5.97 Å². The molecule has 1 heterocycles. The Bertz CT molecular complexity index is 371. The largest absolute Gasteiger partial charge is 0.480 e. The molecule has 0 bridgehead atoms. The highest BCUT2D eigenvalue weighted by Gasteiger charge is 2.44. The number of rotatable bonds is 2. The van der Waals surface area contributed by atoms with E-state index in [1.165, 1.54) is 38.5 Å². The molecule has 0 amide bonds. The summed E-state index contributed by atoms with van der Waals surface area (Å²) in [6.07, 6.45) is 11.4. The lowest BCUT2D eigenvalue weighted by Gasteiger charge is -2.50. The standard InChI is InChI=1S/C16H28N2O2/c17-16(15(19)20)9-3-7-13(11-16)18-10-4-6-12-5-1-2-8-14(12)18/h12-14H,1-11,17H2,(H,19,20)/t12-,13?,14-,16?/m1/s1. The molecule has 4 heteroatoms. The van der Waals surface area contributed by atoms with Crippen molar-refractivity contribution in [2.24, 2.45) is 11.7 Å². The third-order valence-electron chi connectivity index (χ3n) is 5.94. The van der Waals surface area contributed by atoms with Gasteiger partial charge < -0.3 is 10.8 Å². The zero-order valence-electron chi connectivity index (χ0n) is 12.4. The summed E-state index contributed by atoms with van der Waals surface area (Å²) in [7, 11) is 0. The molecule has 4 atom stereocenters. The Kier molecular flexibility index (Phi) is 4.04. The smallest absolute Gasteiger partial charge is 0.323 e. The van der Waals surface area contributed by atoms with Gasteiger partial charge in [0.2, 0.25) is 0 Å². The summed E-state index contributed by atoms with van der Waals surface area (Å²) >= 11 is 0. The molecule has 1 saturated heterocycles. The van der Waals surface area contributed by atoms with E-state index in [1.807, 2.05) is 0 Å². The number of nitrogens with zero attached hydrogens (tertiary/aromatic N) is 1. The normalized spacial score (nSPS) is 43.0. The van der Waals surface area contributed by atoms with Gasteiger partial charge in [0, 0.05) is 12.1 Å². The number of carbonyl (C=O) groups is 1. The van der Waals surface area contributed by atoms with Crippen LogP contribution in [0.4, 0.5) is 0 Å². The average Bonchev–Trinajstić information content (AvgIpc) is 2.46. The summed E-state index contributed by atoms with van der Waals surface area (Å²) in [4.78, 5) is 14.1. The first-order chi connectivity index (χ1) is 9.60. The van der Waals surface area contributed by atoms with Gasteiger partial charge in [-0.2, -0.15) is 0 Å². The molecule has 3 N–H and O–H groups in total. The molecular formula is C16H28N2O2. The SMILES string of the molecule is NC1(C(=O)O)CCCC(N2CCC[C@H]3CCCC[C@H]32)C1. The van der Waals surface area contributed by atoms with Crippen molar-refractivity contribution in [2.75, 3.05) is 6.54 Å². The third kappa shape index (κ3) is 2.60. The monoisotopic (exact) mass is 280 g/mol. The predicted molar refractivity (Wildman–Crippen MR) is 78.5 cm³/mol. The van der Waals surface area contributed by atoms with Crippen molar-refractivity contribution in [1.82, 2.24) is 4.90 Å². The molecule has 3 aliphatic rings. The van der Waals surface area contributed by atoms with E-state index in [-0.39, 0.29) is 0 Å². The Hall–Kier alpha value is -0.610. The van der Waals surface area contributed by atoms with Gasteiger partial charge in [-0.05, 0) is 63.8 Å². The molecule has 0 spiro atoms. The lowest BCUT2D eigenvalue weighted by molar-refractivity contribution is -0.146. The van der Waals surface area contributed by atoms with Crippen molar-refractivity contribution < 1.29 is 9.90 Å². The molecule has 20 heavy (non-hydrogen) atoms. The minimum absolute atomic E-state index is 0.399. The van der Waals surface area contributed by atoms with Crippen LogP contribution in [0, 0.1) is 5.92 Å². The Morgan fingerprint density at radius 3 is 2.65 bits per heavy atom. The molecule has 2 saturated carbocycles. The van der Waals surface area contributed by atoms with Gasteiger partial charge in [-0.1, -0.05) is 12.8 Å². The molecule has 114 valence electrons. The summed E-state index contributed by atoms with van der Waals surface area (Å²) in [5.41, 5.74) is 5.16. The van der Waals surface area contributed by atoms with Crippen LogP contribution in [0.25, 0.3) is 0 Å². The van der Waals surface area contributed by atoms with Gasteiger partial charge in [0.15, 0.2) is 0 Å². The maximum absolute atomic E-state index is 11.4. The molecule has 2 unspecified atom stereocenters. The van der Waals surface area contributed by atoms with Crippen LogP contribution in [0.3, 0.4) is 0 Å². The summed E-state index contributed by atoms with van der Waals surface area (Å²) in [5.74, 6) is 0.0517. The Morgan fingerprint density at radius 2 is 1.85 bits per heavy atom. The molecule has 0 aromatic rings. The summed E-state index contributed by atoms with van der Waals surface area (Å²) in [5, 5.41) is 9.40. The van der Waals surface area contributed by atoms with Crippen LogP contribution >= 0.6 is 0 Å². The highest BCUT2D eigenvalue weighted by Crippen LogP contribution is 2.40. The van der Waals surface area contributed by atoms with Crippen LogP contribution in [-0.4, -0.2) is 40.1 Å². The minimum atomic E-state index is -0.982. The Labute approximate surface area is 121 Å². The molecule has 3 rings (SSSR count). The first kappa shape index (κ1) is 14.3. The number of aliphatic carboxylic acids is 1. The van der Waals surface area contributed by atoms with Crippen LogP contribution < -0.4 is 5.73 Å². The molecule has 2 aliphatic carbocycles. The van der Waals surface area contributed by atoms with Crippen molar-refractivity contribution in [3.8, 4) is 0 Å². The number of likely N-dealkylation sites (tertiary alicyclic amines) is 1. The minimum Gasteiger partial charge on any atom is -0.480 e. The van der Waals surface area contributed by atoms with E-state index in [9.17, 15) is 9.90 Å². The summed E-state index contributed by atoms with van der Waals surface area (Å²) in [6, 6.07) is 1.11. The summed E-state index contributed by atoms with van der Waals surface area (Å²) in [6.45, 7) is 1.15. The van der Waals surface area contributed by atoms with E-state index >= 15 is 0 Å². The highest BCUT2D eigenvalue weighted by molar-refractivity contribution is 5.78. The van der Waals surface area contributed by atoms with Crippen molar-refractivity contribution in [3.05, 3.63) is 0 Å². The van der Waals surface area contributed by atoms with E-state index in [4.69, 9.17) is 5.73 Å². The van der Waals surface area contributed by atoms with E-state index in [1.54, 1.807) is 0 Å². The van der Waals surface area contributed by atoms with E-state index in [2.05, 4.69) is 4.90 Å². The molecule has 3 fully saturated rings. The third-order valence-corrected chi connectivity index (χ3v) is 5.94. The second kappa shape index (κ2) is 5.64. The number of piperidine rings is 1. The van der Waals surface area contributed by atoms with Gasteiger partial charge >= 0.3 is 5.97 Å². The van der Waals surface area contributed by atoms with Gasteiger partial charge in [-0.3, -0.25) is 9.69 Å². The second-order valence-corrected chi connectivity index (χ2v) is 7.20. The molecule has 1 aliphatic heterocycles. The van der Waals surface area contributed by atoms with Gasteiger partial charge in [0.1, 0.15) is 5.54 Å². The molecule has 0 aromatic heterocycles. The first-order valence-electron chi connectivity index (χ1n) is 8.38. The quantitative estimate of drug-likeness (QED) is 0.815. The van der Waals surface area contributed by atoms with E-state index in [0.717, 1.165) is 25.3 Å². The lowest BCUT2D eigenvalue weighted by atomic mass is 9.74. The van der Waals surface area contributed by atoms with Gasteiger partial charge in [0.05, 0.1) is 0 Å². The highest BCUT2D eigenvalue weighted by atomic mass is 16.4. The fourth-order valence-electron chi connectivity index (χ4n) is 4.87. The molecular weight excluding hydrogens is 252 g/mol. The second-order valence-electron chi connectivity index (χ2n) is 7.20. The maximum atomic E-state index is 11.4. The van der Waals surface area contributed by atoms with Gasteiger partial charge in [0.25, 0.3) is 0 Å². The zero-order valence-corrected chi connectivity index (χ0v) is 12.4. The van der Waals surface area contributed by atoms with E-state index < -0.39 is 11.5 Å². The number of hydrogen-bond acceptors (Lipinski definition) is 3. The lowest BCUT2D eigenvalue weighted by Crippen LogP contribution is -2.59. The predicted octanol–water partition coefficient (Wildman–Crippen LogP) is 2.37. The van der Waals surface area contributed by atoms with Crippen LogP contribution in [0.5, 0.6) is 0 Å². The van der Waals surface area contributed by atoms with Crippen molar-refractivity contribution in [3.63, 3.8) is 0 Å². The maximum Gasteiger partial charge on any atom is 0.323 e. The van der Waals surface area contributed by atoms with Gasteiger partial charge in [-0.25, -0.2) is 0 Å². The topological polar surface area (TPSA) is 66.6 Å². The number of carboxylic acid groups (broad SMARTS) is 1. The van der Waals surface area contributed by atoms with Gasteiger partial charge in [-0.15, -0.1) is 0 Å². The van der Waals surface area contributed by atoms with Crippen molar-refractivity contribution in [2.45, 2.75) is 81.8 Å². The van der Waals surface area contributed by atoms with Crippen LogP contribution in [0.15, 0.2) is 0 Å². The molecule has 4 nitrogen and oxygen atoms in total. The van der Waals surface area contributed by atoms with Crippen molar-refractivity contribution in [1.29, 1.82) is 0 Å². The first-order valence-corrected chi connectivity index (χ1v) is 8.38. The number of nitrogens with two attached hydrogens (primary N) is 1. The molecule has 0 aromatic carbocycles. The van der Waals surface area contributed by atoms with Crippen LogP contribution in [-0.2, 0) is 4.79 Å². The fraction of sp³-hybridized carbons (Fsp3) is 0.938. The number of hydrogen-bond donors (Lipinski definition) is 2. The molecule has 0 radical (unpaired) electrons. The average molecular weight is 280 g/mol. The Morgan fingerprint density at radius 1 is 1.10 bits per heavy atom. The van der Waals surface area contributed by atoms with E-state index in [0.29, 0.717) is 24.9 Å². The number of carboxylic acids is 1. The van der Waals surface area contributed by atoms with Crippen LogP contribution in [0.2, 0.25) is 0 Å². The van der Waals surface area contributed by atoms with Crippen LogP contribution in [0.1, 0.15) is 64.2 Å². The summed E-state index contributed by atoms with van der Waals surface area (Å²) < 4.78 is 0. The number of fused-ring (bicyclic) bond motifs is 1. The Balaban J connectivity index is 1.72.